The molecule has 1 saturated heterocycles. The fourth-order valence-corrected chi connectivity index (χ4v) is 4.37. The molecule has 0 unspecified atom stereocenters. The van der Waals surface area contributed by atoms with Gasteiger partial charge in [0.15, 0.2) is 5.76 Å². The molecule has 0 spiro atoms. The van der Waals surface area contributed by atoms with Gasteiger partial charge in [-0.15, -0.1) is 0 Å². The zero-order chi connectivity index (χ0) is 18.6. The Kier molecular flexibility index (Phi) is 4.27. The molecule has 0 radical (unpaired) electrons. The van der Waals surface area contributed by atoms with E-state index in [0.29, 0.717) is 10.3 Å². The van der Waals surface area contributed by atoms with Crippen molar-refractivity contribution in [3.05, 3.63) is 52.8 Å². The Morgan fingerprint density at radius 2 is 1.88 bits per heavy atom. The first-order valence-electron chi connectivity index (χ1n) is 8.15. The van der Waals surface area contributed by atoms with E-state index in [2.05, 4.69) is 34.7 Å². The van der Waals surface area contributed by atoms with Crippen LogP contribution >= 0.6 is 34.8 Å². The van der Waals surface area contributed by atoms with Crippen molar-refractivity contribution in [3.8, 4) is 0 Å². The first-order chi connectivity index (χ1) is 12.4. The number of allylic oxidation sites excluding steroid dienone is 1. The van der Waals surface area contributed by atoms with Crippen LogP contribution in [0.25, 0.3) is 27.5 Å². The molecule has 0 atom stereocenters. The van der Waals surface area contributed by atoms with Crippen LogP contribution in [0.2, 0.25) is 0 Å². The van der Waals surface area contributed by atoms with E-state index in [1.54, 1.807) is 0 Å². The largest absolute Gasteiger partial charge is 0.456 e. The van der Waals surface area contributed by atoms with E-state index in [4.69, 9.17) is 21.4 Å². The van der Waals surface area contributed by atoms with Crippen molar-refractivity contribution in [2.75, 3.05) is 4.55 Å². The molecule has 26 heavy (non-hydrogen) atoms. The second kappa shape index (κ2) is 6.35. The van der Waals surface area contributed by atoms with Crippen molar-refractivity contribution in [3.63, 3.8) is 0 Å². The lowest BCUT2D eigenvalue weighted by Crippen LogP contribution is -2.26. The maximum absolute atomic E-state index is 12.5. The van der Waals surface area contributed by atoms with Crippen LogP contribution in [0, 0.1) is 13.8 Å². The average molecular weight is 477 g/mol. The van der Waals surface area contributed by atoms with E-state index in [1.807, 2.05) is 39.0 Å². The highest BCUT2D eigenvalue weighted by molar-refractivity contribution is 14.1. The lowest BCUT2D eigenvalue weighted by atomic mass is 9.99. The van der Waals surface area contributed by atoms with Crippen molar-refractivity contribution in [2.45, 2.75) is 20.8 Å². The van der Waals surface area contributed by atoms with Crippen LogP contribution in [0.4, 0.5) is 0 Å². The lowest BCUT2D eigenvalue weighted by Gasteiger charge is -2.07. The first-order valence-corrected chi connectivity index (χ1v) is 10.1. The molecule has 1 aliphatic rings. The number of hydrogen-bond acceptors (Lipinski definition) is 4. The normalized spacial score (nSPS) is 16.7. The molecule has 4 rings (SSSR count). The molecule has 132 valence electrons. The topological polar surface area (TPSA) is 42.7 Å². The molecule has 1 aromatic heterocycles. The molecule has 0 bridgehead atoms. The van der Waals surface area contributed by atoms with Gasteiger partial charge in [-0.25, -0.2) is 0 Å². The third kappa shape index (κ3) is 2.54. The van der Waals surface area contributed by atoms with Crippen LogP contribution in [-0.4, -0.2) is 20.5 Å². The van der Waals surface area contributed by atoms with E-state index >= 15 is 0 Å². The predicted octanol–water partition coefficient (Wildman–Crippen LogP) is 5.47. The number of hydrogen-bond donors (Lipinski definition) is 0. The van der Waals surface area contributed by atoms with E-state index < -0.39 is 0 Å². The van der Waals surface area contributed by atoms with Crippen LogP contribution in [0.5, 0.6) is 0 Å². The number of carbonyl (C=O) groups is 1. The quantitative estimate of drug-likeness (QED) is 0.162. The van der Waals surface area contributed by atoms with Gasteiger partial charge in [-0.05, 0) is 61.8 Å². The summed E-state index contributed by atoms with van der Waals surface area (Å²) in [5.41, 5.74) is 5.61. The summed E-state index contributed by atoms with van der Waals surface area (Å²) in [7, 11) is 0. The highest BCUT2D eigenvalue weighted by Crippen LogP contribution is 2.36. The molecule has 2 aromatic carbocycles. The highest BCUT2D eigenvalue weighted by Gasteiger charge is 2.34. The van der Waals surface area contributed by atoms with Crippen molar-refractivity contribution >= 4 is 73.4 Å². The van der Waals surface area contributed by atoms with Crippen LogP contribution < -0.4 is 0 Å². The highest BCUT2D eigenvalue weighted by atomic mass is 127. The number of nitrogens with zero attached hydrogens (tertiary/aromatic N) is 1. The molecular weight excluding hydrogens is 461 g/mol. The molecule has 6 heteroatoms. The monoisotopic (exact) mass is 477 g/mol. The number of amides is 1. The second-order valence-corrected chi connectivity index (χ2v) is 7.43. The standard InChI is InChI=1S/C20H16INO3S/c1-10-5-4-6-14-15-8-13(7-11(2)17(15)24-16(10)14)12(3)18-19(23)22(9-21)20(26)25-18/h4-8H,9H2,1-3H3/b18-12+. The number of halogens is 1. The van der Waals surface area contributed by atoms with Gasteiger partial charge < -0.3 is 9.15 Å². The summed E-state index contributed by atoms with van der Waals surface area (Å²) in [5, 5.41) is 2.32. The van der Waals surface area contributed by atoms with Gasteiger partial charge in [-0.1, -0.05) is 40.8 Å². The van der Waals surface area contributed by atoms with Crippen LogP contribution in [0.15, 0.2) is 40.5 Å². The van der Waals surface area contributed by atoms with Crippen molar-refractivity contribution in [2.24, 2.45) is 0 Å². The summed E-state index contributed by atoms with van der Waals surface area (Å²) in [6.45, 7) is 5.94. The number of alkyl halides is 1. The fraction of sp³-hybridized carbons (Fsp3) is 0.200. The fourth-order valence-electron chi connectivity index (χ4n) is 3.29. The molecule has 0 N–H and O–H groups in total. The number of benzene rings is 2. The Morgan fingerprint density at radius 1 is 1.15 bits per heavy atom. The smallest absolute Gasteiger partial charge is 0.298 e. The summed E-state index contributed by atoms with van der Waals surface area (Å²) in [6, 6.07) is 10.2. The summed E-state index contributed by atoms with van der Waals surface area (Å²) in [5.74, 6) is 0.113. The number of carbonyl (C=O) groups excluding carboxylic acids is 1. The molecule has 4 nitrogen and oxygen atoms in total. The van der Waals surface area contributed by atoms with Gasteiger partial charge in [0.05, 0.1) is 4.55 Å². The van der Waals surface area contributed by atoms with Gasteiger partial charge in [-0.3, -0.25) is 9.69 Å². The zero-order valence-electron chi connectivity index (χ0n) is 14.6. The van der Waals surface area contributed by atoms with Crippen LogP contribution in [-0.2, 0) is 9.53 Å². The Hall–Kier alpha value is -1.93. The molecule has 3 aromatic rings. The Morgan fingerprint density at radius 3 is 2.58 bits per heavy atom. The molecule has 2 heterocycles. The van der Waals surface area contributed by atoms with Gasteiger partial charge >= 0.3 is 0 Å². The summed E-state index contributed by atoms with van der Waals surface area (Å²) in [4.78, 5) is 14.0. The van der Waals surface area contributed by atoms with Crippen molar-refractivity contribution < 1.29 is 13.9 Å². The molecule has 1 aliphatic heterocycles. The summed E-state index contributed by atoms with van der Waals surface area (Å²) >= 11 is 7.26. The predicted molar refractivity (Wildman–Crippen MR) is 115 cm³/mol. The molecule has 0 saturated carbocycles. The molecule has 1 fully saturated rings. The molecule has 1 amide bonds. The Bertz CT molecular complexity index is 1130. The number of para-hydroxylation sites is 1. The third-order valence-corrected chi connectivity index (χ3v) is 5.71. The minimum Gasteiger partial charge on any atom is -0.456 e. The van der Waals surface area contributed by atoms with E-state index in [1.165, 1.54) is 4.90 Å². The number of ether oxygens (including phenoxy) is 1. The third-order valence-electron chi connectivity index (χ3n) is 4.72. The number of fused-ring (bicyclic) bond motifs is 3. The Balaban J connectivity index is 1.94. The van der Waals surface area contributed by atoms with Gasteiger partial charge in [0.2, 0.25) is 0 Å². The van der Waals surface area contributed by atoms with Gasteiger partial charge in [0, 0.05) is 16.3 Å². The van der Waals surface area contributed by atoms with Gasteiger partial charge in [0.25, 0.3) is 11.1 Å². The summed E-state index contributed by atoms with van der Waals surface area (Å²) in [6.07, 6.45) is 0. The van der Waals surface area contributed by atoms with E-state index in [-0.39, 0.29) is 11.1 Å². The van der Waals surface area contributed by atoms with Gasteiger partial charge in [0.1, 0.15) is 11.2 Å². The first kappa shape index (κ1) is 17.5. The van der Waals surface area contributed by atoms with Crippen LogP contribution in [0.3, 0.4) is 0 Å². The van der Waals surface area contributed by atoms with Crippen molar-refractivity contribution in [1.82, 2.24) is 4.90 Å². The maximum Gasteiger partial charge on any atom is 0.298 e. The molecular formula is C20H16INO3S. The maximum atomic E-state index is 12.5. The number of aryl methyl sites for hydroxylation is 2. The number of thiocarbonyl (C=S) groups is 1. The zero-order valence-corrected chi connectivity index (χ0v) is 17.5. The average Bonchev–Trinajstić information content (AvgIpc) is 3.13. The van der Waals surface area contributed by atoms with E-state index in [9.17, 15) is 4.79 Å². The minimum absolute atomic E-state index is 0.187. The molecule has 0 aliphatic carbocycles. The number of furan rings is 1. The Labute approximate surface area is 169 Å². The second-order valence-electron chi connectivity index (χ2n) is 6.40. The minimum atomic E-state index is -0.187. The van der Waals surface area contributed by atoms with Crippen molar-refractivity contribution in [1.29, 1.82) is 0 Å². The summed E-state index contributed by atoms with van der Waals surface area (Å²) < 4.78 is 12.2. The number of rotatable bonds is 2. The lowest BCUT2D eigenvalue weighted by molar-refractivity contribution is -0.122. The van der Waals surface area contributed by atoms with Crippen LogP contribution in [0.1, 0.15) is 23.6 Å². The van der Waals surface area contributed by atoms with E-state index in [0.717, 1.165) is 44.2 Å². The SMILES string of the molecule is C/C(=C1\OC(=S)N(CI)C1=O)c1cc(C)c2oc3c(C)cccc3c2c1. The van der Waals surface area contributed by atoms with Gasteiger partial charge in [-0.2, -0.15) is 0 Å².